The van der Waals surface area contributed by atoms with Gasteiger partial charge in [0.15, 0.2) is 5.65 Å². The molecule has 0 saturated carbocycles. The van der Waals surface area contributed by atoms with E-state index in [1.54, 1.807) is 21.2 Å². The number of aromatic nitrogens is 4. The quantitative estimate of drug-likeness (QED) is 0.840. The molecule has 0 saturated heterocycles. The van der Waals surface area contributed by atoms with Gasteiger partial charge in [-0.3, -0.25) is 14.0 Å². The van der Waals surface area contributed by atoms with Crippen LogP contribution >= 0.6 is 0 Å². The summed E-state index contributed by atoms with van der Waals surface area (Å²) in [6.45, 7) is 4.66. The molecule has 0 radical (unpaired) electrons. The molecule has 2 aromatic rings. The molecule has 7 heteroatoms. The van der Waals surface area contributed by atoms with Crippen LogP contribution < -0.4 is 5.73 Å². The Morgan fingerprint density at radius 1 is 1.50 bits per heavy atom. The Hall–Kier alpha value is -2.05. The van der Waals surface area contributed by atoms with Gasteiger partial charge >= 0.3 is 0 Å². The van der Waals surface area contributed by atoms with E-state index >= 15 is 0 Å². The van der Waals surface area contributed by atoms with Crippen molar-refractivity contribution in [3.05, 3.63) is 5.69 Å². The molecule has 0 aliphatic rings. The van der Waals surface area contributed by atoms with Crippen molar-refractivity contribution >= 4 is 23.0 Å². The van der Waals surface area contributed by atoms with Crippen molar-refractivity contribution in [1.29, 1.82) is 0 Å². The lowest BCUT2D eigenvalue weighted by Crippen LogP contribution is -2.30. The van der Waals surface area contributed by atoms with Gasteiger partial charge < -0.3 is 10.6 Å². The number of aryl methyl sites for hydroxylation is 2. The summed E-state index contributed by atoms with van der Waals surface area (Å²) >= 11 is 0. The molecule has 98 valence electrons. The highest BCUT2D eigenvalue weighted by Crippen LogP contribution is 2.20. The Balaban J connectivity index is 2.44. The molecule has 1 amide bonds. The monoisotopic (exact) mass is 250 g/mol. The van der Waals surface area contributed by atoms with Crippen molar-refractivity contribution in [3.63, 3.8) is 0 Å². The Labute approximate surface area is 105 Å². The number of hydrogen-bond acceptors (Lipinski definition) is 4. The molecule has 0 bridgehead atoms. The summed E-state index contributed by atoms with van der Waals surface area (Å²) in [6.07, 6.45) is 0. The van der Waals surface area contributed by atoms with E-state index < -0.39 is 0 Å². The SMILES string of the molecule is CCN(C)C(=O)Cn1c(N)nc2c(C)nn(C)c21. The molecule has 2 N–H and O–H groups in total. The molecule has 0 aromatic carbocycles. The molecule has 0 aliphatic heterocycles. The fraction of sp³-hybridized carbons (Fsp3) is 0.545. The van der Waals surface area contributed by atoms with Crippen LogP contribution in [0.3, 0.4) is 0 Å². The summed E-state index contributed by atoms with van der Waals surface area (Å²) in [5, 5.41) is 4.28. The molecule has 0 atom stereocenters. The number of nitrogen functional groups attached to an aromatic ring is 1. The molecular formula is C11H18N6O. The van der Waals surface area contributed by atoms with Gasteiger partial charge in [-0.15, -0.1) is 0 Å². The standard InChI is InChI=1S/C11H18N6O/c1-5-15(3)8(18)6-17-10-9(13-11(17)12)7(2)14-16(10)4/h5-6H2,1-4H3,(H2,12,13). The van der Waals surface area contributed by atoms with Crippen LogP contribution in [0.25, 0.3) is 11.2 Å². The van der Waals surface area contributed by atoms with Gasteiger partial charge in [-0.25, -0.2) is 4.98 Å². The maximum atomic E-state index is 11.9. The number of amides is 1. The first kappa shape index (κ1) is 12.4. The third-order valence-corrected chi connectivity index (χ3v) is 3.11. The second-order valence-corrected chi connectivity index (χ2v) is 4.35. The first-order valence-electron chi connectivity index (χ1n) is 5.85. The van der Waals surface area contributed by atoms with E-state index in [2.05, 4.69) is 10.1 Å². The number of rotatable bonds is 3. The summed E-state index contributed by atoms with van der Waals surface area (Å²) in [5.74, 6) is 0.348. The number of nitrogens with zero attached hydrogens (tertiary/aromatic N) is 5. The molecular weight excluding hydrogens is 232 g/mol. The van der Waals surface area contributed by atoms with E-state index in [0.29, 0.717) is 12.5 Å². The number of carbonyl (C=O) groups is 1. The summed E-state index contributed by atoms with van der Waals surface area (Å²) < 4.78 is 3.40. The minimum atomic E-state index is 0.00218. The second-order valence-electron chi connectivity index (χ2n) is 4.35. The Bertz CT molecular complexity index is 596. The zero-order valence-corrected chi connectivity index (χ0v) is 11.1. The van der Waals surface area contributed by atoms with Crippen molar-refractivity contribution in [1.82, 2.24) is 24.2 Å². The normalized spacial score (nSPS) is 11.1. The van der Waals surface area contributed by atoms with Gasteiger partial charge in [0, 0.05) is 20.6 Å². The number of imidazole rings is 1. The highest BCUT2D eigenvalue weighted by Gasteiger charge is 2.18. The van der Waals surface area contributed by atoms with Crippen molar-refractivity contribution in [2.24, 2.45) is 7.05 Å². The van der Waals surface area contributed by atoms with E-state index in [9.17, 15) is 4.79 Å². The van der Waals surface area contributed by atoms with Crippen LogP contribution in [-0.4, -0.2) is 43.7 Å². The smallest absolute Gasteiger partial charge is 0.242 e. The van der Waals surface area contributed by atoms with Gasteiger partial charge in [0.2, 0.25) is 11.9 Å². The fourth-order valence-electron chi connectivity index (χ4n) is 1.94. The van der Waals surface area contributed by atoms with E-state index in [0.717, 1.165) is 16.9 Å². The zero-order valence-electron chi connectivity index (χ0n) is 11.1. The number of fused-ring (bicyclic) bond motifs is 1. The minimum Gasteiger partial charge on any atom is -0.369 e. The average molecular weight is 250 g/mol. The van der Waals surface area contributed by atoms with E-state index in [1.165, 1.54) is 0 Å². The lowest BCUT2D eigenvalue weighted by atomic mass is 10.4. The van der Waals surface area contributed by atoms with E-state index in [-0.39, 0.29) is 12.5 Å². The Morgan fingerprint density at radius 3 is 2.78 bits per heavy atom. The zero-order chi connectivity index (χ0) is 13.4. The van der Waals surface area contributed by atoms with Crippen LogP contribution in [0, 0.1) is 6.92 Å². The predicted molar refractivity (Wildman–Crippen MR) is 69.0 cm³/mol. The summed E-state index contributed by atoms with van der Waals surface area (Å²) in [5.41, 5.74) is 8.21. The number of carbonyl (C=O) groups excluding carboxylic acids is 1. The lowest BCUT2D eigenvalue weighted by Gasteiger charge is -2.15. The number of likely N-dealkylation sites (N-methyl/N-ethyl adjacent to an activating group) is 1. The molecule has 2 aromatic heterocycles. The molecule has 0 unspecified atom stereocenters. The van der Waals surface area contributed by atoms with Gasteiger partial charge in [-0.1, -0.05) is 0 Å². The van der Waals surface area contributed by atoms with Crippen molar-refractivity contribution in [2.45, 2.75) is 20.4 Å². The maximum Gasteiger partial charge on any atom is 0.242 e. The van der Waals surface area contributed by atoms with Crippen LogP contribution in [0.4, 0.5) is 5.95 Å². The molecule has 2 heterocycles. The van der Waals surface area contributed by atoms with Crippen molar-refractivity contribution in [2.75, 3.05) is 19.3 Å². The summed E-state index contributed by atoms with van der Waals surface area (Å²) in [7, 11) is 3.59. The predicted octanol–water partition coefficient (Wildman–Crippen LogP) is 0.139. The molecule has 0 spiro atoms. The van der Waals surface area contributed by atoms with Crippen LogP contribution in [0.5, 0.6) is 0 Å². The average Bonchev–Trinajstić information content (AvgIpc) is 2.78. The van der Waals surface area contributed by atoms with E-state index in [1.807, 2.05) is 20.9 Å². The van der Waals surface area contributed by atoms with Crippen LogP contribution in [0.15, 0.2) is 0 Å². The number of hydrogen-bond donors (Lipinski definition) is 1. The largest absolute Gasteiger partial charge is 0.369 e. The van der Waals surface area contributed by atoms with Crippen molar-refractivity contribution in [3.8, 4) is 0 Å². The molecule has 7 nitrogen and oxygen atoms in total. The summed E-state index contributed by atoms with van der Waals surface area (Å²) in [6, 6.07) is 0. The molecule has 2 rings (SSSR count). The first-order chi connectivity index (χ1) is 8.45. The Morgan fingerprint density at radius 2 is 2.17 bits per heavy atom. The van der Waals surface area contributed by atoms with Gasteiger partial charge in [0.25, 0.3) is 0 Å². The van der Waals surface area contributed by atoms with E-state index in [4.69, 9.17) is 5.73 Å². The third-order valence-electron chi connectivity index (χ3n) is 3.11. The number of nitrogens with two attached hydrogens (primary N) is 1. The minimum absolute atomic E-state index is 0.00218. The van der Waals surface area contributed by atoms with Crippen LogP contribution in [-0.2, 0) is 18.4 Å². The second kappa shape index (κ2) is 4.32. The highest BCUT2D eigenvalue weighted by atomic mass is 16.2. The number of anilines is 1. The highest BCUT2D eigenvalue weighted by molar-refractivity contribution is 5.82. The molecule has 0 fully saturated rings. The van der Waals surface area contributed by atoms with Gasteiger partial charge in [0.05, 0.1) is 5.69 Å². The lowest BCUT2D eigenvalue weighted by molar-refractivity contribution is -0.130. The third kappa shape index (κ3) is 1.81. The topological polar surface area (TPSA) is 82.0 Å². The van der Waals surface area contributed by atoms with Gasteiger partial charge in [0.1, 0.15) is 12.1 Å². The maximum absolute atomic E-state index is 11.9. The van der Waals surface area contributed by atoms with Crippen LogP contribution in [0.1, 0.15) is 12.6 Å². The van der Waals surface area contributed by atoms with Crippen LogP contribution in [0.2, 0.25) is 0 Å². The van der Waals surface area contributed by atoms with Gasteiger partial charge in [-0.05, 0) is 13.8 Å². The first-order valence-corrected chi connectivity index (χ1v) is 5.85. The Kier molecular flexibility index (Phi) is 2.98. The van der Waals surface area contributed by atoms with Gasteiger partial charge in [-0.2, -0.15) is 5.10 Å². The van der Waals surface area contributed by atoms with Crippen molar-refractivity contribution < 1.29 is 4.79 Å². The molecule has 18 heavy (non-hydrogen) atoms. The molecule has 0 aliphatic carbocycles. The summed E-state index contributed by atoms with van der Waals surface area (Å²) in [4.78, 5) is 17.9. The fourth-order valence-corrected chi connectivity index (χ4v) is 1.94.